The molecule has 0 amide bonds. The number of Topliss-reactive ketones (excluding diaryl/α,β-unsaturated/α-hetero) is 1. The molecule has 0 saturated heterocycles. The Labute approximate surface area is 79.7 Å². The predicted molar refractivity (Wildman–Crippen MR) is 50.4 cm³/mol. The van der Waals surface area contributed by atoms with Crippen molar-refractivity contribution in [1.82, 2.24) is 0 Å². The lowest BCUT2D eigenvalue weighted by Crippen LogP contribution is -2.41. The third kappa shape index (κ3) is 1.01. The van der Waals surface area contributed by atoms with Crippen LogP contribution in [0.15, 0.2) is 0 Å². The van der Waals surface area contributed by atoms with Crippen LogP contribution in [-0.4, -0.2) is 18.5 Å². The van der Waals surface area contributed by atoms with Crippen LogP contribution in [0.2, 0.25) is 0 Å². The van der Waals surface area contributed by atoms with E-state index < -0.39 is 5.60 Å². The summed E-state index contributed by atoms with van der Waals surface area (Å²) in [6.45, 7) is 6.32. The number of rotatable bonds is 1. The third-order valence-electron chi connectivity index (χ3n) is 4.24. The first-order valence-electron chi connectivity index (χ1n) is 5.03. The van der Waals surface area contributed by atoms with E-state index in [-0.39, 0.29) is 11.3 Å². The molecule has 2 saturated carbocycles. The van der Waals surface area contributed by atoms with Crippen LogP contribution in [-0.2, 0) is 9.53 Å². The van der Waals surface area contributed by atoms with Crippen molar-refractivity contribution in [3.05, 3.63) is 0 Å². The zero-order chi connectivity index (χ0) is 9.85. The van der Waals surface area contributed by atoms with Crippen LogP contribution in [0.5, 0.6) is 0 Å². The van der Waals surface area contributed by atoms with E-state index in [0.717, 1.165) is 12.8 Å². The molecule has 13 heavy (non-hydrogen) atoms. The van der Waals surface area contributed by atoms with Crippen molar-refractivity contribution in [2.75, 3.05) is 7.11 Å². The fraction of sp³-hybridized carbons (Fsp3) is 0.909. The molecule has 2 rings (SSSR count). The second-order valence-electron chi connectivity index (χ2n) is 5.24. The van der Waals surface area contributed by atoms with Crippen molar-refractivity contribution in [3.8, 4) is 0 Å². The molecular weight excluding hydrogens is 164 g/mol. The molecule has 0 aromatic rings. The zero-order valence-corrected chi connectivity index (χ0v) is 8.89. The quantitative estimate of drug-likeness (QED) is 0.620. The zero-order valence-electron chi connectivity index (χ0n) is 8.89. The van der Waals surface area contributed by atoms with Gasteiger partial charge < -0.3 is 4.74 Å². The molecule has 2 aliphatic rings. The van der Waals surface area contributed by atoms with E-state index in [1.807, 2.05) is 6.92 Å². The van der Waals surface area contributed by atoms with E-state index in [1.54, 1.807) is 7.11 Å². The largest absolute Gasteiger partial charge is 0.371 e. The summed E-state index contributed by atoms with van der Waals surface area (Å²) in [5, 5.41) is 0. The van der Waals surface area contributed by atoms with Gasteiger partial charge in [-0.25, -0.2) is 0 Å². The maximum atomic E-state index is 12.0. The minimum atomic E-state index is -0.491. The van der Waals surface area contributed by atoms with Gasteiger partial charge in [0, 0.05) is 13.0 Å². The summed E-state index contributed by atoms with van der Waals surface area (Å²) in [7, 11) is 1.65. The molecule has 2 heteroatoms. The Morgan fingerprint density at radius 1 is 1.38 bits per heavy atom. The Hall–Kier alpha value is -0.370. The van der Waals surface area contributed by atoms with Gasteiger partial charge in [-0.2, -0.15) is 0 Å². The molecule has 0 heterocycles. The molecule has 0 bridgehead atoms. The van der Waals surface area contributed by atoms with Crippen molar-refractivity contribution in [3.63, 3.8) is 0 Å². The van der Waals surface area contributed by atoms with Crippen LogP contribution in [0, 0.1) is 17.3 Å². The molecule has 0 aromatic heterocycles. The minimum Gasteiger partial charge on any atom is -0.371 e. The molecule has 0 aliphatic heterocycles. The summed E-state index contributed by atoms with van der Waals surface area (Å²) in [4.78, 5) is 12.0. The highest BCUT2D eigenvalue weighted by atomic mass is 16.5. The molecule has 0 radical (unpaired) electrons. The van der Waals surface area contributed by atoms with Crippen molar-refractivity contribution in [2.45, 2.75) is 39.2 Å². The molecule has 3 unspecified atom stereocenters. The highest BCUT2D eigenvalue weighted by Gasteiger charge is 2.66. The van der Waals surface area contributed by atoms with Gasteiger partial charge in [0.05, 0.1) is 0 Å². The molecular formula is C11H18O2. The monoisotopic (exact) mass is 182 g/mol. The summed E-state index contributed by atoms with van der Waals surface area (Å²) < 4.78 is 5.33. The molecule has 0 N–H and O–H groups in total. The van der Waals surface area contributed by atoms with Crippen molar-refractivity contribution in [2.24, 2.45) is 17.3 Å². The summed E-state index contributed by atoms with van der Waals surface area (Å²) in [6.07, 6.45) is 2.04. The Morgan fingerprint density at radius 2 is 2.00 bits per heavy atom. The Morgan fingerprint density at radius 3 is 2.54 bits per heavy atom. The Bertz CT molecular complexity index is 257. The van der Waals surface area contributed by atoms with Gasteiger partial charge >= 0.3 is 0 Å². The first-order chi connectivity index (χ1) is 5.93. The lowest BCUT2D eigenvalue weighted by Gasteiger charge is -2.29. The van der Waals surface area contributed by atoms with Gasteiger partial charge in [0.15, 0.2) is 5.78 Å². The van der Waals surface area contributed by atoms with E-state index in [0.29, 0.717) is 11.7 Å². The van der Waals surface area contributed by atoms with Gasteiger partial charge in [0.2, 0.25) is 0 Å². The molecule has 0 aromatic carbocycles. The maximum Gasteiger partial charge on any atom is 0.168 e. The highest BCUT2D eigenvalue weighted by Crippen LogP contribution is 2.65. The van der Waals surface area contributed by atoms with Crippen LogP contribution in [0.4, 0.5) is 0 Å². The fourth-order valence-electron chi connectivity index (χ4n) is 2.89. The van der Waals surface area contributed by atoms with Gasteiger partial charge in [-0.15, -0.1) is 0 Å². The summed E-state index contributed by atoms with van der Waals surface area (Å²) in [5.41, 5.74) is -0.248. The van der Waals surface area contributed by atoms with E-state index in [2.05, 4.69) is 13.8 Å². The van der Waals surface area contributed by atoms with Crippen molar-refractivity contribution < 1.29 is 9.53 Å². The number of ketones is 1. The van der Waals surface area contributed by atoms with Gasteiger partial charge in [-0.3, -0.25) is 4.79 Å². The number of methoxy groups -OCH3 is 1. The molecule has 2 aliphatic carbocycles. The van der Waals surface area contributed by atoms with Crippen LogP contribution in [0.3, 0.4) is 0 Å². The number of hydrogen-bond acceptors (Lipinski definition) is 2. The summed E-state index contributed by atoms with van der Waals surface area (Å²) >= 11 is 0. The van der Waals surface area contributed by atoms with Gasteiger partial charge in [0.25, 0.3) is 0 Å². The average molecular weight is 182 g/mol. The Balaban J connectivity index is 2.22. The molecule has 2 fully saturated rings. The van der Waals surface area contributed by atoms with Crippen molar-refractivity contribution >= 4 is 5.78 Å². The van der Waals surface area contributed by atoms with E-state index in [1.165, 1.54) is 0 Å². The lowest BCUT2D eigenvalue weighted by atomic mass is 9.85. The van der Waals surface area contributed by atoms with Crippen LogP contribution >= 0.6 is 0 Å². The smallest absolute Gasteiger partial charge is 0.168 e. The minimum absolute atomic E-state index is 0.243. The molecule has 3 atom stereocenters. The molecule has 2 nitrogen and oxygen atoms in total. The van der Waals surface area contributed by atoms with Gasteiger partial charge in [0.1, 0.15) is 5.60 Å². The lowest BCUT2D eigenvalue weighted by molar-refractivity contribution is -0.144. The van der Waals surface area contributed by atoms with Gasteiger partial charge in [-0.1, -0.05) is 13.8 Å². The number of carbonyl (C=O) groups excluding carboxylic acids is 1. The highest BCUT2D eigenvalue weighted by molar-refractivity contribution is 5.93. The summed E-state index contributed by atoms with van der Waals surface area (Å²) in [5.74, 6) is 1.23. The third-order valence-corrected chi connectivity index (χ3v) is 4.24. The van der Waals surface area contributed by atoms with Crippen LogP contribution in [0.1, 0.15) is 33.6 Å². The SMILES string of the molecule is COC1(C)CCC2C(C1=O)C2(C)C. The maximum absolute atomic E-state index is 12.0. The number of hydrogen-bond donors (Lipinski definition) is 0. The van der Waals surface area contributed by atoms with E-state index in [4.69, 9.17) is 4.74 Å². The van der Waals surface area contributed by atoms with Crippen LogP contribution < -0.4 is 0 Å². The van der Waals surface area contributed by atoms with Crippen molar-refractivity contribution in [1.29, 1.82) is 0 Å². The Kier molecular flexibility index (Phi) is 1.66. The fourth-order valence-corrected chi connectivity index (χ4v) is 2.89. The normalized spacial score (nSPS) is 47.2. The molecule has 0 spiro atoms. The second-order valence-corrected chi connectivity index (χ2v) is 5.24. The number of carbonyl (C=O) groups is 1. The number of ether oxygens (including phenoxy) is 1. The van der Waals surface area contributed by atoms with Gasteiger partial charge in [-0.05, 0) is 31.1 Å². The topological polar surface area (TPSA) is 26.3 Å². The van der Waals surface area contributed by atoms with Crippen LogP contribution in [0.25, 0.3) is 0 Å². The summed E-state index contributed by atoms with van der Waals surface area (Å²) in [6, 6.07) is 0. The predicted octanol–water partition coefficient (Wildman–Crippen LogP) is 2.03. The first kappa shape index (κ1) is 9.20. The number of fused-ring (bicyclic) bond motifs is 1. The van der Waals surface area contributed by atoms with E-state index >= 15 is 0 Å². The standard InChI is InChI=1S/C11H18O2/c1-10(2)7-5-6-11(3,13-4)9(12)8(7)10/h7-8H,5-6H2,1-4H3. The second kappa shape index (κ2) is 2.35. The first-order valence-corrected chi connectivity index (χ1v) is 5.03. The average Bonchev–Trinajstić information content (AvgIpc) is 2.62. The molecule has 74 valence electrons. The van der Waals surface area contributed by atoms with E-state index in [9.17, 15) is 4.79 Å².